The van der Waals surface area contributed by atoms with Crippen molar-refractivity contribution in [1.82, 2.24) is 0 Å². The number of hydrogen-bond acceptors (Lipinski definition) is 2. The molecule has 0 fully saturated rings. The SMILES string of the molecule is CCCCOCCCCB=BN. The molecule has 0 saturated carbocycles. The number of rotatable bonds is 8. The summed E-state index contributed by atoms with van der Waals surface area (Å²) in [6.45, 7) is 7.60. The van der Waals surface area contributed by atoms with Gasteiger partial charge in [0.2, 0.25) is 0 Å². The summed E-state index contributed by atoms with van der Waals surface area (Å²) in [4.78, 5) is 0. The molecule has 68 valence electrons. The average Bonchev–Trinajstić information content (AvgIpc) is 2.10. The van der Waals surface area contributed by atoms with E-state index >= 15 is 0 Å². The molecule has 0 aliphatic rings. The molecular weight excluding hydrogens is 148 g/mol. The van der Waals surface area contributed by atoms with Crippen molar-refractivity contribution in [2.75, 3.05) is 13.2 Å². The summed E-state index contributed by atoms with van der Waals surface area (Å²) in [5, 5.41) is 0. The molecule has 0 saturated heterocycles. The van der Waals surface area contributed by atoms with Gasteiger partial charge in [0.1, 0.15) is 0 Å². The van der Waals surface area contributed by atoms with E-state index < -0.39 is 0 Å². The Labute approximate surface area is 77.0 Å². The van der Waals surface area contributed by atoms with Crippen molar-refractivity contribution in [3.8, 4) is 0 Å². The van der Waals surface area contributed by atoms with Crippen molar-refractivity contribution in [2.24, 2.45) is 5.64 Å². The van der Waals surface area contributed by atoms with E-state index in [0.717, 1.165) is 26.0 Å². The van der Waals surface area contributed by atoms with Gasteiger partial charge in [-0.05, 0) is 0 Å². The summed E-state index contributed by atoms with van der Waals surface area (Å²) in [7, 11) is 0. The molecular formula is C8H19B2NO. The van der Waals surface area contributed by atoms with Crippen molar-refractivity contribution in [3.63, 3.8) is 0 Å². The van der Waals surface area contributed by atoms with Crippen molar-refractivity contribution in [3.05, 3.63) is 0 Å². The zero-order valence-electron chi connectivity index (χ0n) is 8.09. The Balaban J connectivity index is 2.81. The summed E-state index contributed by atoms with van der Waals surface area (Å²) in [5.74, 6) is 0. The first-order valence-electron chi connectivity index (χ1n) is 4.86. The third-order valence-electron chi connectivity index (χ3n) is 1.69. The van der Waals surface area contributed by atoms with Crippen LogP contribution in [0.15, 0.2) is 0 Å². The molecule has 0 aromatic carbocycles. The fourth-order valence-electron chi connectivity index (χ4n) is 0.911. The minimum absolute atomic E-state index is 0.901. The number of hydrogen-bond donors (Lipinski definition) is 1. The Kier molecular flexibility index (Phi) is 10.8. The zero-order valence-corrected chi connectivity index (χ0v) is 8.09. The maximum atomic E-state index is 5.40. The zero-order chi connectivity index (χ0) is 9.07. The summed E-state index contributed by atoms with van der Waals surface area (Å²) in [6.07, 6.45) is 5.81. The normalized spacial score (nSPS) is 9.75. The van der Waals surface area contributed by atoms with E-state index in [0.29, 0.717) is 0 Å². The molecule has 0 aromatic heterocycles. The molecule has 0 heterocycles. The molecule has 0 aliphatic heterocycles. The predicted molar refractivity (Wildman–Crippen MR) is 55.5 cm³/mol. The van der Waals surface area contributed by atoms with Crippen molar-refractivity contribution in [2.45, 2.75) is 38.9 Å². The maximum absolute atomic E-state index is 5.40. The molecule has 0 spiro atoms. The molecule has 4 heteroatoms. The molecule has 12 heavy (non-hydrogen) atoms. The van der Waals surface area contributed by atoms with Crippen LogP contribution < -0.4 is 5.64 Å². The number of nitrogens with two attached hydrogens (primary N) is 1. The van der Waals surface area contributed by atoms with Crippen LogP contribution in [0.3, 0.4) is 0 Å². The first kappa shape index (κ1) is 11.9. The molecule has 2 N–H and O–H groups in total. The molecule has 0 atom stereocenters. The van der Waals surface area contributed by atoms with Crippen LogP contribution in [0.25, 0.3) is 0 Å². The average molecular weight is 167 g/mol. The molecule has 0 aliphatic carbocycles. The Morgan fingerprint density at radius 1 is 1.17 bits per heavy atom. The van der Waals surface area contributed by atoms with Crippen LogP contribution in [-0.2, 0) is 4.74 Å². The Bertz CT molecular complexity index is 109. The second-order valence-electron chi connectivity index (χ2n) is 2.89. The van der Waals surface area contributed by atoms with Crippen LogP contribution in [0.5, 0.6) is 0 Å². The second kappa shape index (κ2) is 10.9. The summed E-state index contributed by atoms with van der Waals surface area (Å²) in [6, 6.07) is 0. The minimum atomic E-state index is 0.901. The first-order chi connectivity index (χ1) is 5.91. The fourth-order valence-corrected chi connectivity index (χ4v) is 0.911. The van der Waals surface area contributed by atoms with Crippen LogP contribution in [0.2, 0.25) is 6.32 Å². The summed E-state index contributed by atoms with van der Waals surface area (Å²) >= 11 is 0. The summed E-state index contributed by atoms with van der Waals surface area (Å²) in [5.41, 5.74) is 5.20. The van der Waals surface area contributed by atoms with E-state index in [1.165, 1.54) is 19.3 Å². The van der Waals surface area contributed by atoms with Gasteiger partial charge in [-0.3, -0.25) is 0 Å². The standard InChI is InChI=1S/C8H19B2NO/c1-2-3-7-12-8-5-4-6-9-10-11/h2-8,11H2,1H3. The second-order valence-corrected chi connectivity index (χ2v) is 2.89. The van der Waals surface area contributed by atoms with Crippen LogP contribution in [0.4, 0.5) is 0 Å². The van der Waals surface area contributed by atoms with Crippen LogP contribution in [0.1, 0.15) is 32.6 Å². The van der Waals surface area contributed by atoms with E-state index in [-0.39, 0.29) is 0 Å². The van der Waals surface area contributed by atoms with E-state index in [9.17, 15) is 0 Å². The quantitative estimate of drug-likeness (QED) is 0.435. The van der Waals surface area contributed by atoms with Crippen molar-refractivity contribution < 1.29 is 4.74 Å². The molecule has 0 radical (unpaired) electrons. The molecule has 0 amide bonds. The van der Waals surface area contributed by atoms with Crippen molar-refractivity contribution in [1.29, 1.82) is 0 Å². The topological polar surface area (TPSA) is 35.2 Å². The van der Waals surface area contributed by atoms with Gasteiger partial charge in [-0.15, -0.1) is 0 Å². The van der Waals surface area contributed by atoms with Gasteiger partial charge in [0, 0.05) is 0 Å². The van der Waals surface area contributed by atoms with E-state index in [4.69, 9.17) is 10.4 Å². The number of ether oxygens (including phenoxy) is 1. The van der Waals surface area contributed by atoms with Gasteiger partial charge in [-0.1, -0.05) is 0 Å². The van der Waals surface area contributed by atoms with Crippen molar-refractivity contribution >= 4 is 13.7 Å². The third kappa shape index (κ3) is 9.89. The molecule has 0 unspecified atom stereocenters. The van der Waals surface area contributed by atoms with Gasteiger partial charge < -0.3 is 0 Å². The first-order valence-corrected chi connectivity index (χ1v) is 4.86. The van der Waals surface area contributed by atoms with Gasteiger partial charge in [0.05, 0.1) is 0 Å². The molecule has 0 bridgehead atoms. The van der Waals surface area contributed by atoms with E-state index in [1.807, 2.05) is 6.80 Å². The van der Waals surface area contributed by atoms with Crippen LogP contribution >= 0.6 is 0 Å². The van der Waals surface area contributed by atoms with Gasteiger partial charge in [-0.2, -0.15) is 0 Å². The van der Waals surface area contributed by atoms with Gasteiger partial charge in [-0.25, -0.2) is 0 Å². The van der Waals surface area contributed by atoms with Gasteiger partial charge >= 0.3 is 76.3 Å². The van der Waals surface area contributed by atoms with Gasteiger partial charge in [0.25, 0.3) is 0 Å². The third-order valence-corrected chi connectivity index (χ3v) is 1.69. The Hall–Kier alpha value is -0.110. The molecule has 2 nitrogen and oxygen atoms in total. The predicted octanol–water partition coefficient (Wildman–Crippen LogP) is 1.20. The van der Waals surface area contributed by atoms with Crippen LogP contribution in [-0.4, -0.2) is 27.0 Å². The molecule has 0 aromatic rings. The van der Waals surface area contributed by atoms with Crippen LogP contribution in [0, 0.1) is 0 Å². The number of unbranched alkanes of at least 4 members (excludes halogenated alkanes) is 2. The van der Waals surface area contributed by atoms with E-state index in [1.54, 1.807) is 6.94 Å². The summed E-state index contributed by atoms with van der Waals surface area (Å²) < 4.78 is 5.40. The monoisotopic (exact) mass is 167 g/mol. The Morgan fingerprint density at radius 3 is 2.58 bits per heavy atom. The fraction of sp³-hybridized carbons (Fsp3) is 1.00. The van der Waals surface area contributed by atoms with E-state index in [2.05, 4.69) is 6.92 Å². The van der Waals surface area contributed by atoms with Gasteiger partial charge in [0.15, 0.2) is 0 Å². The molecule has 0 rings (SSSR count). The Morgan fingerprint density at radius 2 is 1.92 bits per heavy atom.